The van der Waals surface area contributed by atoms with Crippen LogP contribution in [0.15, 0.2) is 36.4 Å². The molecule has 1 fully saturated rings. The maximum absolute atomic E-state index is 13.0. The van der Waals surface area contributed by atoms with Gasteiger partial charge in [-0.2, -0.15) is 4.98 Å². The Hall–Kier alpha value is -1.90. The second-order valence-corrected chi connectivity index (χ2v) is 8.66. The fourth-order valence-corrected chi connectivity index (χ4v) is 4.53. The fourth-order valence-electron chi connectivity index (χ4n) is 4.53. The van der Waals surface area contributed by atoms with E-state index >= 15 is 0 Å². The number of anilines is 1. The van der Waals surface area contributed by atoms with E-state index in [1.807, 2.05) is 25.1 Å². The molecule has 1 aromatic carbocycles. The molecule has 2 atom stereocenters. The quantitative estimate of drug-likeness (QED) is 0.467. The van der Waals surface area contributed by atoms with Crippen molar-refractivity contribution in [3.63, 3.8) is 0 Å². The fraction of sp³-hybridized carbons (Fsp3) is 0.520. The predicted molar refractivity (Wildman–Crippen MR) is 138 cm³/mol. The van der Waals surface area contributed by atoms with Gasteiger partial charge in [0.15, 0.2) is 5.78 Å². The Labute approximate surface area is 213 Å². The molecule has 0 saturated carbocycles. The van der Waals surface area contributed by atoms with E-state index in [4.69, 9.17) is 4.74 Å². The smallest absolute Gasteiger partial charge is 0.226 e. The molecule has 9 heteroatoms. The third kappa shape index (κ3) is 6.83. The zero-order valence-electron chi connectivity index (χ0n) is 19.5. The summed E-state index contributed by atoms with van der Waals surface area (Å²) in [6.45, 7) is 4.49. The second-order valence-electron chi connectivity index (χ2n) is 8.66. The summed E-state index contributed by atoms with van der Waals surface area (Å²) in [5.74, 6) is 1.04. The summed E-state index contributed by atoms with van der Waals surface area (Å²) in [7, 11) is 0. The van der Waals surface area contributed by atoms with Crippen LogP contribution >= 0.6 is 24.8 Å². The highest BCUT2D eigenvalue weighted by atomic mass is 35.5. The van der Waals surface area contributed by atoms with Crippen LogP contribution in [0.4, 0.5) is 5.82 Å². The van der Waals surface area contributed by atoms with Gasteiger partial charge in [-0.3, -0.25) is 4.79 Å². The van der Waals surface area contributed by atoms with Crippen LogP contribution in [0.2, 0.25) is 0 Å². The molecular formula is C25H35Cl2N3O4. The van der Waals surface area contributed by atoms with E-state index in [1.165, 1.54) is 11.1 Å². The van der Waals surface area contributed by atoms with Gasteiger partial charge in [0.25, 0.3) is 0 Å². The van der Waals surface area contributed by atoms with Crippen molar-refractivity contribution in [1.29, 1.82) is 0 Å². The molecule has 3 heterocycles. The average Bonchev–Trinajstić information content (AvgIpc) is 2.82. The molecule has 2 aromatic rings. The van der Waals surface area contributed by atoms with Crippen molar-refractivity contribution < 1.29 is 19.7 Å². The van der Waals surface area contributed by atoms with Gasteiger partial charge >= 0.3 is 0 Å². The van der Waals surface area contributed by atoms with Crippen LogP contribution in [0.1, 0.15) is 54.1 Å². The molecule has 188 valence electrons. The van der Waals surface area contributed by atoms with Crippen LogP contribution in [0, 0.1) is 0 Å². The number of carbonyl (C=O) groups excluding carboxylic acids is 1. The zero-order chi connectivity index (χ0) is 22.5. The molecule has 0 bridgehead atoms. The van der Waals surface area contributed by atoms with Crippen LogP contribution in [0.3, 0.4) is 0 Å². The molecule has 1 aromatic heterocycles. The average molecular weight is 512 g/mol. The molecular weight excluding hydrogens is 477 g/mol. The SMILES string of the molecule is CCOc1nc(N2CCC(O)CC2)ccc1C(=O)CC[C@@H](O)[C@@H]1Cc2ccccc2CN1.Cl.Cl. The van der Waals surface area contributed by atoms with Gasteiger partial charge in [-0.25, -0.2) is 0 Å². The summed E-state index contributed by atoms with van der Waals surface area (Å²) in [5, 5.41) is 23.8. The summed E-state index contributed by atoms with van der Waals surface area (Å²) in [4.78, 5) is 19.7. The largest absolute Gasteiger partial charge is 0.477 e. The maximum Gasteiger partial charge on any atom is 0.226 e. The van der Waals surface area contributed by atoms with E-state index in [9.17, 15) is 15.0 Å². The Balaban J connectivity index is 0.00000204. The first-order valence-electron chi connectivity index (χ1n) is 11.6. The number of aromatic nitrogens is 1. The lowest BCUT2D eigenvalue weighted by Crippen LogP contribution is -2.44. The van der Waals surface area contributed by atoms with E-state index in [1.54, 1.807) is 6.07 Å². The van der Waals surface area contributed by atoms with Gasteiger partial charge in [0.2, 0.25) is 5.88 Å². The van der Waals surface area contributed by atoms with Gasteiger partial charge in [-0.05, 0) is 55.9 Å². The van der Waals surface area contributed by atoms with E-state index in [-0.39, 0.29) is 49.2 Å². The number of piperidine rings is 1. The first-order chi connectivity index (χ1) is 15.5. The summed E-state index contributed by atoms with van der Waals surface area (Å²) in [6, 6.07) is 11.8. The predicted octanol–water partition coefficient (Wildman–Crippen LogP) is 3.32. The minimum absolute atomic E-state index is 0. The molecule has 2 aliphatic heterocycles. The number of fused-ring (bicyclic) bond motifs is 1. The maximum atomic E-state index is 13.0. The molecule has 4 rings (SSSR count). The van der Waals surface area contributed by atoms with Crippen molar-refractivity contribution in [2.24, 2.45) is 0 Å². The van der Waals surface area contributed by atoms with Crippen molar-refractivity contribution in [1.82, 2.24) is 10.3 Å². The number of aliphatic hydroxyl groups is 2. The number of ketones is 1. The van der Waals surface area contributed by atoms with Crippen LogP contribution in [-0.4, -0.2) is 58.9 Å². The van der Waals surface area contributed by atoms with Crippen LogP contribution in [0.25, 0.3) is 0 Å². The molecule has 3 N–H and O–H groups in total. The number of hydrogen-bond donors (Lipinski definition) is 3. The van der Waals surface area contributed by atoms with Crippen molar-refractivity contribution in [3.05, 3.63) is 53.1 Å². The monoisotopic (exact) mass is 511 g/mol. The van der Waals surface area contributed by atoms with Gasteiger partial charge in [-0.15, -0.1) is 24.8 Å². The third-order valence-electron chi connectivity index (χ3n) is 6.46. The number of carbonyl (C=O) groups is 1. The molecule has 0 unspecified atom stereocenters. The number of pyridine rings is 1. The number of aliphatic hydroxyl groups excluding tert-OH is 2. The molecule has 34 heavy (non-hydrogen) atoms. The van der Waals surface area contributed by atoms with E-state index in [2.05, 4.69) is 27.3 Å². The molecule has 0 aliphatic carbocycles. The minimum atomic E-state index is -0.602. The van der Waals surface area contributed by atoms with Crippen molar-refractivity contribution in [3.8, 4) is 5.88 Å². The summed E-state index contributed by atoms with van der Waals surface area (Å²) < 4.78 is 5.69. The Bertz CT molecular complexity index is 938. The number of Topliss-reactive ketones (excluding diaryl/α,β-unsaturated/α-hetero) is 1. The minimum Gasteiger partial charge on any atom is -0.477 e. The summed E-state index contributed by atoms with van der Waals surface area (Å²) in [6.07, 6.45) is 1.95. The lowest BCUT2D eigenvalue weighted by atomic mass is 9.91. The van der Waals surface area contributed by atoms with Crippen LogP contribution in [-0.2, 0) is 13.0 Å². The molecule has 0 radical (unpaired) electrons. The lowest BCUT2D eigenvalue weighted by molar-refractivity contribution is 0.0873. The van der Waals surface area contributed by atoms with Crippen LogP contribution < -0.4 is 15.0 Å². The third-order valence-corrected chi connectivity index (χ3v) is 6.46. The van der Waals surface area contributed by atoms with Crippen molar-refractivity contribution >= 4 is 36.4 Å². The molecule has 0 spiro atoms. The highest BCUT2D eigenvalue weighted by Crippen LogP contribution is 2.26. The first-order valence-corrected chi connectivity index (χ1v) is 11.6. The van der Waals surface area contributed by atoms with Gasteiger partial charge in [0.1, 0.15) is 5.82 Å². The summed E-state index contributed by atoms with van der Waals surface area (Å²) in [5.41, 5.74) is 2.98. The highest BCUT2D eigenvalue weighted by Gasteiger charge is 2.26. The second kappa shape index (κ2) is 13.3. The number of rotatable bonds is 8. The standard InChI is InChI=1S/C25H33N3O4.2ClH/c1-2-32-25-20(7-10-24(27-25)28-13-11-19(29)12-14-28)22(30)8-9-23(31)21-15-17-5-3-4-6-18(17)16-26-21;;/h3-7,10,19,21,23,26,29,31H,2,8-9,11-16H2,1H3;2*1H/t21-,23+;;/m0../s1. The van der Waals surface area contributed by atoms with Crippen LogP contribution in [0.5, 0.6) is 5.88 Å². The Kier molecular flexibility index (Phi) is 11.1. The Morgan fingerprint density at radius 1 is 1.18 bits per heavy atom. The topological polar surface area (TPSA) is 94.9 Å². The van der Waals surface area contributed by atoms with E-state index in [0.29, 0.717) is 37.3 Å². The number of nitrogens with one attached hydrogen (secondary N) is 1. The molecule has 0 amide bonds. The molecule has 1 saturated heterocycles. The Morgan fingerprint density at radius 2 is 1.88 bits per heavy atom. The first kappa shape index (κ1) is 28.3. The van der Waals surface area contributed by atoms with Crippen molar-refractivity contribution in [2.75, 3.05) is 24.6 Å². The Morgan fingerprint density at radius 3 is 2.59 bits per heavy atom. The van der Waals surface area contributed by atoms with E-state index in [0.717, 1.165) is 31.9 Å². The molecule has 2 aliphatic rings. The van der Waals surface area contributed by atoms with Gasteiger partial charge in [-0.1, -0.05) is 24.3 Å². The van der Waals surface area contributed by atoms with Gasteiger partial charge < -0.3 is 25.2 Å². The number of nitrogens with zero attached hydrogens (tertiary/aromatic N) is 2. The lowest BCUT2D eigenvalue weighted by Gasteiger charge is -2.31. The van der Waals surface area contributed by atoms with E-state index < -0.39 is 6.10 Å². The number of benzene rings is 1. The summed E-state index contributed by atoms with van der Waals surface area (Å²) >= 11 is 0. The number of hydrogen-bond acceptors (Lipinski definition) is 7. The normalized spacial score (nSPS) is 18.8. The number of halogens is 2. The van der Waals surface area contributed by atoms with Gasteiger partial charge in [0, 0.05) is 32.1 Å². The van der Waals surface area contributed by atoms with Gasteiger partial charge in [0.05, 0.1) is 24.4 Å². The van der Waals surface area contributed by atoms with Crippen molar-refractivity contribution in [2.45, 2.75) is 63.8 Å². The molecule has 7 nitrogen and oxygen atoms in total. The zero-order valence-corrected chi connectivity index (χ0v) is 21.1. The highest BCUT2D eigenvalue weighted by molar-refractivity contribution is 5.98. The number of ether oxygens (including phenoxy) is 1.